The highest BCUT2D eigenvalue weighted by molar-refractivity contribution is 6.30. The van der Waals surface area contributed by atoms with Gasteiger partial charge in [0.25, 0.3) is 5.91 Å². The summed E-state index contributed by atoms with van der Waals surface area (Å²) in [5, 5.41) is 3.46. The van der Waals surface area contributed by atoms with E-state index in [4.69, 9.17) is 22.1 Å². The topological polar surface area (TPSA) is 64.3 Å². The second-order valence-electron chi connectivity index (χ2n) is 7.01. The first-order valence-corrected chi connectivity index (χ1v) is 9.31. The lowest BCUT2D eigenvalue weighted by Crippen LogP contribution is -2.47. The number of carbonyl (C=O) groups excluding carboxylic acids is 1. The first-order valence-electron chi connectivity index (χ1n) is 8.93. The summed E-state index contributed by atoms with van der Waals surface area (Å²) < 4.78 is 5.85. The molecule has 0 saturated heterocycles. The maximum absolute atomic E-state index is 12.7. The zero-order valence-electron chi connectivity index (χ0n) is 14.6. The molecule has 1 aromatic rings. The molecule has 1 amide bonds. The lowest BCUT2D eigenvalue weighted by atomic mass is 9.84. The van der Waals surface area contributed by atoms with E-state index in [1.165, 1.54) is 32.1 Å². The molecule has 1 unspecified atom stereocenters. The first-order chi connectivity index (χ1) is 11.5. The Labute approximate surface area is 150 Å². The number of anilines is 1. The summed E-state index contributed by atoms with van der Waals surface area (Å²) in [6.45, 7) is 3.85. The molecule has 1 fully saturated rings. The van der Waals surface area contributed by atoms with Crippen LogP contribution in [0.3, 0.4) is 0 Å². The summed E-state index contributed by atoms with van der Waals surface area (Å²) in [5.41, 5.74) is 7.03. The van der Waals surface area contributed by atoms with Crippen LogP contribution in [0.5, 0.6) is 0 Å². The van der Waals surface area contributed by atoms with E-state index in [9.17, 15) is 4.79 Å². The number of carbonyl (C=O) groups is 1. The summed E-state index contributed by atoms with van der Waals surface area (Å²) >= 11 is 5.98. The number of halogens is 1. The number of hydrogen-bond acceptors (Lipinski definition) is 3. The van der Waals surface area contributed by atoms with Gasteiger partial charge in [0.2, 0.25) is 0 Å². The predicted molar refractivity (Wildman–Crippen MR) is 99.3 cm³/mol. The van der Waals surface area contributed by atoms with Gasteiger partial charge in [0.05, 0.1) is 6.10 Å². The number of hydrogen-bond donors (Lipinski definition) is 2. The van der Waals surface area contributed by atoms with E-state index in [0.29, 0.717) is 16.6 Å². The molecule has 1 aliphatic carbocycles. The maximum atomic E-state index is 12.7. The Morgan fingerprint density at radius 2 is 2.04 bits per heavy atom. The number of rotatable bonds is 7. The van der Waals surface area contributed by atoms with E-state index in [-0.39, 0.29) is 18.1 Å². The summed E-state index contributed by atoms with van der Waals surface area (Å²) in [6.07, 6.45) is 6.39. The highest BCUT2D eigenvalue weighted by Crippen LogP contribution is 2.28. The summed E-state index contributed by atoms with van der Waals surface area (Å²) in [6, 6.07) is 6.81. The van der Waals surface area contributed by atoms with Crippen molar-refractivity contribution in [3.05, 3.63) is 29.3 Å². The second-order valence-corrected chi connectivity index (χ2v) is 7.45. The van der Waals surface area contributed by atoms with E-state index in [1.807, 2.05) is 19.9 Å². The molecule has 0 spiro atoms. The number of ether oxygens (including phenoxy) is 1. The van der Waals surface area contributed by atoms with Gasteiger partial charge in [0.15, 0.2) is 6.10 Å². The fraction of sp³-hybridized carbons (Fsp3) is 0.632. The molecule has 1 aromatic carbocycles. The van der Waals surface area contributed by atoms with Crippen LogP contribution in [-0.2, 0) is 9.53 Å². The molecule has 0 bridgehead atoms. The molecule has 4 nitrogen and oxygen atoms in total. The van der Waals surface area contributed by atoms with Crippen molar-refractivity contribution in [2.75, 3.05) is 5.32 Å². The zero-order valence-corrected chi connectivity index (χ0v) is 15.4. The van der Waals surface area contributed by atoms with E-state index < -0.39 is 6.10 Å². The average Bonchev–Trinajstić information content (AvgIpc) is 2.53. The van der Waals surface area contributed by atoms with E-state index in [2.05, 4.69) is 5.32 Å². The third kappa shape index (κ3) is 6.08. The molecule has 2 atom stereocenters. The third-order valence-corrected chi connectivity index (χ3v) is 4.72. The Hall–Kier alpha value is -1.10. The van der Waals surface area contributed by atoms with Crippen molar-refractivity contribution in [2.45, 2.75) is 70.6 Å². The largest absolute Gasteiger partial charge is 0.364 e. The standard InChI is InChI=1S/C19H29ClN2O2/c1-13(2)24-18(17(21)11-14-7-4-3-5-8-14)19(23)22-16-10-6-9-15(20)12-16/h6,9-10,12-14,17-18H,3-5,7-8,11,21H2,1-2H3,(H,22,23)/t17-,18?/m1/s1. The van der Waals surface area contributed by atoms with Gasteiger partial charge in [0, 0.05) is 16.8 Å². The zero-order chi connectivity index (χ0) is 17.5. The molecule has 134 valence electrons. The van der Waals surface area contributed by atoms with Crippen molar-refractivity contribution in [3.8, 4) is 0 Å². The fourth-order valence-corrected chi connectivity index (χ4v) is 3.55. The van der Waals surface area contributed by atoms with Crippen LogP contribution in [0.1, 0.15) is 52.4 Å². The van der Waals surface area contributed by atoms with Gasteiger partial charge >= 0.3 is 0 Å². The molecule has 0 heterocycles. The van der Waals surface area contributed by atoms with Gasteiger partial charge in [-0.05, 0) is 44.4 Å². The Bertz CT molecular complexity index is 530. The van der Waals surface area contributed by atoms with Crippen LogP contribution in [0.15, 0.2) is 24.3 Å². The minimum Gasteiger partial charge on any atom is -0.364 e. The van der Waals surface area contributed by atoms with Crippen molar-refractivity contribution in [1.29, 1.82) is 0 Å². The van der Waals surface area contributed by atoms with Crippen LogP contribution in [0, 0.1) is 5.92 Å². The van der Waals surface area contributed by atoms with Gasteiger partial charge < -0.3 is 15.8 Å². The van der Waals surface area contributed by atoms with Crippen molar-refractivity contribution in [2.24, 2.45) is 11.7 Å². The van der Waals surface area contributed by atoms with E-state index >= 15 is 0 Å². The number of benzene rings is 1. The highest BCUT2D eigenvalue weighted by Gasteiger charge is 2.30. The van der Waals surface area contributed by atoms with Crippen LogP contribution in [0.4, 0.5) is 5.69 Å². The Morgan fingerprint density at radius 3 is 2.67 bits per heavy atom. The van der Waals surface area contributed by atoms with Gasteiger partial charge in [-0.2, -0.15) is 0 Å². The molecule has 3 N–H and O–H groups in total. The van der Waals surface area contributed by atoms with E-state index in [1.54, 1.807) is 18.2 Å². The molecular weight excluding hydrogens is 324 g/mol. The van der Waals surface area contributed by atoms with Crippen molar-refractivity contribution in [1.82, 2.24) is 0 Å². The summed E-state index contributed by atoms with van der Waals surface area (Å²) in [7, 11) is 0. The van der Waals surface area contributed by atoms with Gasteiger partial charge in [0.1, 0.15) is 0 Å². The minimum absolute atomic E-state index is 0.0579. The molecule has 2 rings (SSSR count). The first kappa shape index (κ1) is 19.2. The Balaban J connectivity index is 2.01. The second kappa shape index (κ2) is 9.40. The molecule has 0 aromatic heterocycles. The number of amides is 1. The molecule has 1 aliphatic rings. The highest BCUT2D eigenvalue weighted by atomic mass is 35.5. The van der Waals surface area contributed by atoms with Crippen molar-refractivity contribution >= 4 is 23.2 Å². The molecule has 5 heteroatoms. The molecule has 1 saturated carbocycles. The van der Waals surface area contributed by atoms with Gasteiger partial charge in [-0.1, -0.05) is 49.8 Å². The minimum atomic E-state index is -0.647. The molecular formula is C19H29ClN2O2. The van der Waals surface area contributed by atoms with Crippen LogP contribution in [0.2, 0.25) is 5.02 Å². The third-order valence-electron chi connectivity index (χ3n) is 4.49. The lowest BCUT2D eigenvalue weighted by Gasteiger charge is -2.30. The van der Waals surface area contributed by atoms with Crippen molar-refractivity contribution in [3.63, 3.8) is 0 Å². The van der Waals surface area contributed by atoms with Crippen molar-refractivity contribution < 1.29 is 9.53 Å². The summed E-state index contributed by atoms with van der Waals surface area (Å²) in [5.74, 6) is 0.403. The van der Waals surface area contributed by atoms with Crippen LogP contribution >= 0.6 is 11.6 Å². The van der Waals surface area contributed by atoms with Gasteiger partial charge in [-0.3, -0.25) is 4.79 Å². The average molecular weight is 353 g/mol. The number of nitrogens with one attached hydrogen (secondary N) is 1. The molecule has 24 heavy (non-hydrogen) atoms. The summed E-state index contributed by atoms with van der Waals surface area (Å²) in [4.78, 5) is 12.7. The number of nitrogens with two attached hydrogens (primary N) is 1. The van der Waals surface area contributed by atoms with Gasteiger partial charge in [-0.25, -0.2) is 0 Å². The smallest absolute Gasteiger partial charge is 0.255 e. The predicted octanol–water partition coefficient (Wildman–Crippen LogP) is 4.37. The van der Waals surface area contributed by atoms with Crippen LogP contribution < -0.4 is 11.1 Å². The fourth-order valence-electron chi connectivity index (χ4n) is 3.36. The Morgan fingerprint density at radius 1 is 1.33 bits per heavy atom. The maximum Gasteiger partial charge on any atom is 0.255 e. The van der Waals surface area contributed by atoms with E-state index in [0.717, 1.165) is 6.42 Å². The van der Waals surface area contributed by atoms with Crippen LogP contribution in [-0.4, -0.2) is 24.2 Å². The normalized spacial score (nSPS) is 18.4. The van der Waals surface area contributed by atoms with Crippen LogP contribution in [0.25, 0.3) is 0 Å². The lowest BCUT2D eigenvalue weighted by molar-refractivity contribution is -0.132. The Kier molecular flexibility index (Phi) is 7.53. The van der Waals surface area contributed by atoms with Gasteiger partial charge in [-0.15, -0.1) is 0 Å². The SMILES string of the molecule is CC(C)OC(C(=O)Nc1cccc(Cl)c1)[C@H](N)CC1CCCCC1. The quantitative estimate of drug-likeness (QED) is 0.765. The monoisotopic (exact) mass is 352 g/mol. The molecule has 0 aliphatic heterocycles. The molecule has 0 radical (unpaired) electrons.